The van der Waals surface area contributed by atoms with Gasteiger partial charge in [0.15, 0.2) is 0 Å². The van der Waals surface area contributed by atoms with Crippen LogP contribution in [-0.2, 0) is 67.0 Å². The summed E-state index contributed by atoms with van der Waals surface area (Å²) in [5.41, 5.74) is 2.79. The average molecular weight is 798 g/mol. The van der Waals surface area contributed by atoms with Gasteiger partial charge in [-0.15, -0.1) is 0 Å². The normalized spacial score (nSPS) is 21.4. The topological polar surface area (TPSA) is 183 Å². The van der Waals surface area contributed by atoms with E-state index in [4.69, 9.17) is 0 Å². The lowest BCUT2D eigenvalue weighted by molar-refractivity contribution is -0.142. The predicted octanol–water partition coefficient (Wildman–Crippen LogP) is 3.90. The molecule has 302 valence electrons. The lowest BCUT2D eigenvalue weighted by Gasteiger charge is -2.28. The number of carbonyl (C=O) groups excluding carboxylic acids is 5. The van der Waals surface area contributed by atoms with Crippen LogP contribution in [0, 0.1) is 5.92 Å². The molecule has 5 amide bonds. The number of hydrogen-bond donors (Lipinski definition) is 6. The van der Waals surface area contributed by atoms with Crippen molar-refractivity contribution in [2.45, 2.75) is 75.3 Å². The van der Waals surface area contributed by atoms with Crippen LogP contribution in [-0.4, -0.2) is 64.8 Å². The summed E-state index contributed by atoms with van der Waals surface area (Å²) in [5, 5.41) is 23.5. The number of rotatable bonds is 6. The number of hydrogen-bond acceptors (Lipinski definition) is 6. The molecule has 2 heterocycles. The molecular formula is C43H42F3N5O7. The Kier molecular flexibility index (Phi) is 12.9. The molecule has 4 aromatic rings. The molecule has 7 rings (SSSR count). The number of benzene rings is 4. The summed E-state index contributed by atoms with van der Waals surface area (Å²) in [7, 11) is 0. The Morgan fingerprint density at radius 3 is 1.72 bits per heavy atom. The summed E-state index contributed by atoms with van der Waals surface area (Å²) < 4.78 is 40.3. The number of fused-ring (bicyclic) bond motifs is 19. The number of carbonyl (C=O) groups is 6. The molecule has 58 heavy (non-hydrogen) atoms. The number of anilines is 1. The number of nitrogens with one attached hydrogen (secondary N) is 5. The third-order valence-electron chi connectivity index (χ3n) is 10.3. The molecule has 0 fully saturated rings. The molecule has 2 aliphatic heterocycles. The summed E-state index contributed by atoms with van der Waals surface area (Å²) in [6.45, 7) is 0. The van der Waals surface area contributed by atoms with Gasteiger partial charge in [0.05, 0.1) is 5.56 Å². The molecule has 0 saturated heterocycles. The van der Waals surface area contributed by atoms with Gasteiger partial charge in [-0.25, -0.2) is 4.79 Å². The van der Waals surface area contributed by atoms with Crippen molar-refractivity contribution in [3.05, 3.63) is 137 Å². The Morgan fingerprint density at radius 2 is 1.14 bits per heavy atom. The summed E-state index contributed by atoms with van der Waals surface area (Å²) in [6.07, 6.45) is -4.87. The number of carboxylic acids is 1. The second-order valence-electron chi connectivity index (χ2n) is 14.5. The summed E-state index contributed by atoms with van der Waals surface area (Å²) in [5.74, 6) is -5.38. The van der Waals surface area contributed by atoms with Crippen molar-refractivity contribution in [3.63, 3.8) is 0 Å². The van der Waals surface area contributed by atoms with Gasteiger partial charge in [0.1, 0.15) is 24.2 Å². The third-order valence-corrected chi connectivity index (χ3v) is 10.3. The molecule has 4 aromatic carbocycles. The van der Waals surface area contributed by atoms with Gasteiger partial charge < -0.3 is 31.7 Å². The number of alkyl halides is 3. The number of carboxylic acid groups (broad SMARTS) is 1. The Bertz CT molecular complexity index is 2120. The molecule has 6 N–H and O–H groups in total. The van der Waals surface area contributed by atoms with Gasteiger partial charge in [0, 0.05) is 37.8 Å². The van der Waals surface area contributed by atoms with Crippen LogP contribution in [0.25, 0.3) is 0 Å². The fourth-order valence-electron chi connectivity index (χ4n) is 7.22. The van der Waals surface area contributed by atoms with Crippen LogP contribution in [0.5, 0.6) is 0 Å². The van der Waals surface area contributed by atoms with Gasteiger partial charge in [-0.05, 0) is 70.8 Å². The van der Waals surface area contributed by atoms with Crippen LogP contribution >= 0.6 is 0 Å². The van der Waals surface area contributed by atoms with Crippen molar-refractivity contribution in [3.8, 4) is 0 Å². The van der Waals surface area contributed by atoms with Crippen molar-refractivity contribution >= 4 is 41.2 Å². The van der Waals surface area contributed by atoms with E-state index in [2.05, 4.69) is 26.6 Å². The molecule has 4 atom stereocenters. The average Bonchev–Trinajstić information content (AvgIpc) is 3.63. The molecule has 2 bridgehead atoms. The lowest BCUT2D eigenvalue weighted by atomic mass is 9.94. The second-order valence-corrected chi connectivity index (χ2v) is 14.5. The highest BCUT2D eigenvalue weighted by molar-refractivity contribution is 5.97. The van der Waals surface area contributed by atoms with Gasteiger partial charge >= 0.3 is 12.1 Å². The Labute approximate surface area is 332 Å². The van der Waals surface area contributed by atoms with Gasteiger partial charge in [0.2, 0.25) is 29.5 Å². The lowest BCUT2D eigenvalue weighted by Crippen LogP contribution is -2.59. The Balaban J connectivity index is 1.36. The summed E-state index contributed by atoms with van der Waals surface area (Å²) in [6, 6.07) is 21.0. The van der Waals surface area contributed by atoms with Crippen LogP contribution in [0.2, 0.25) is 0 Å². The van der Waals surface area contributed by atoms with Crippen LogP contribution in [0.1, 0.15) is 46.2 Å². The quantitative estimate of drug-likeness (QED) is 0.160. The highest BCUT2D eigenvalue weighted by atomic mass is 19.4. The van der Waals surface area contributed by atoms with E-state index < -0.39 is 77.3 Å². The molecule has 15 heteroatoms. The molecule has 3 aliphatic rings. The van der Waals surface area contributed by atoms with Crippen LogP contribution in [0.3, 0.4) is 0 Å². The molecule has 0 aromatic heterocycles. The molecule has 0 unspecified atom stereocenters. The third kappa shape index (κ3) is 10.9. The molecule has 0 radical (unpaired) electrons. The number of halogens is 3. The molecule has 0 saturated carbocycles. The number of amides is 5. The van der Waals surface area contributed by atoms with E-state index >= 15 is 0 Å². The Hall–Kier alpha value is -6.51. The summed E-state index contributed by atoms with van der Waals surface area (Å²) in [4.78, 5) is 81.3. The molecule has 12 nitrogen and oxygen atoms in total. The van der Waals surface area contributed by atoms with E-state index in [9.17, 15) is 47.0 Å². The zero-order chi connectivity index (χ0) is 41.4. The van der Waals surface area contributed by atoms with E-state index in [1.54, 1.807) is 54.6 Å². The van der Waals surface area contributed by atoms with Gasteiger partial charge in [-0.3, -0.25) is 24.0 Å². The van der Waals surface area contributed by atoms with Crippen LogP contribution in [0.15, 0.2) is 103 Å². The minimum absolute atomic E-state index is 0.0842. The van der Waals surface area contributed by atoms with Gasteiger partial charge in [0.25, 0.3) is 0 Å². The minimum atomic E-state index is -4.62. The minimum Gasteiger partial charge on any atom is -0.480 e. The van der Waals surface area contributed by atoms with E-state index in [1.807, 2.05) is 24.3 Å². The maximum Gasteiger partial charge on any atom is 0.416 e. The highest BCUT2D eigenvalue weighted by Crippen LogP contribution is 2.30. The van der Waals surface area contributed by atoms with Crippen LogP contribution in [0.4, 0.5) is 18.9 Å². The van der Waals surface area contributed by atoms with E-state index in [0.717, 1.165) is 23.3 Å². The largest absolute Gasteiger partial charge is 0.480 e. The number of aliphatic carboxylic acids is 1. The van der Waals surface area contributed by atoms with Crippen molar-refractivity contribution in [1.29, 1.82) is 0 Å². The maximum atomic E-state index is 14.4. The first-order chi connectivity index (χ1) is 27.7. The van der Waals surface area contributed by atoms with E-state index in [0.29, 0.717) is 29.7 Å². The fourth-order valence-corrected chi connectivity index (χ4v) is 7.22. The predicted molar refractivity (Wildman–Crippen MR) is 206 cm³/mol. The first-order valence-corrected chi connectivity index (χ1v) is 18.8. The van der Waals surface area contributed by atoms with Gasteiger partial charge in [-0.1, -0.05) is 78.9 Å². The molecule has 1 aliphatic carbocycles. The molecular weight excluding hydrogens is 755 g/mol. The van der Waals surface area contributed by atoms with Crippen molar-refractivity contribution in [2.75, 3.05) is 5.32 Å². The first kappa shape index (κ1) is 41.1. The first-order valence-electron chi connectivity index (χ1n) is 18.8. The van der Waals surface area contributed by atoms with E-state index in [-0.39, 0.29) is 37.7 Å². The zero-order valence-corrected chi connectivity index (χ0v) is 31.2. The van der Waals surface area contributed by atoms with Crippen molar-refractivity contribution in [1.82, 2.24) is 21.3 Å². The van der Waals surface area contributed by atoms with Crippen molar-refractivity contribution < 1.29 is 47.0 Å². The van der Waals surface area contributed by atoms with Gasteiger partial charge in [-0.2, -0.15) is 13.2 Å². The highest BCUT2D eigenvalue weighted by Gasteiger charge is 2.37. The monoisotopic (exact) mass is 797 g/mol. The molecule has 0 spiro atoms. The van der Waals surface area contributed by atoms with E-state index in [1.165, 1.54) is 12.1 Å². The maximum absolute atomic E-state index is 14.4. The SMILES string of the molecule is O=C1CCC(=O)N[C@H](C2Cc3ccccc3C2)C(=O)N[C@@H](Cc2ccc(C(F)(F)F)cc2)C(=O)N[C@H](Cc2ccccc2)C(=O)N[C@H](C(=O)O)Cc2ccc(cc2)N1. The van der Waals surface area contributed by atoms with Crippen LogP contribution < -0.4 is 26.6 Å². The fraction of sp³-hybridized carbons (Fsp3) is 0.302. The van der Waals surface area contributed by atoms with Crippen molar-refractivity contribution in [2.24, 2.45) is 5.92 Å². The second kappa shape index (κ2) is 18.2. The smallest absolute Gasteiger partial charge is 0.416 e. The standard InChI is InChI=1S/C43H42F3N5O7/c44-43(45,46)31-14-10-26(11-15-31)21-34-39(54)48-33(20-25-6-2-1-3-7-25)40(55)50-35(42(57)58)22-27-12-16-32(17-13-27)47-36(52)18-19-37(53)51-38(41(56)49-34)30-23-28-8-4-5-9-29(28)24-30/h1-17,30,33-35,38H,18-24H2,(H,47,52)(H,48,54)(H,49,56)(H,50,55)(H,51,53)(H,57,58)/t33-,34+,35+,38-/m1/s1. The Morgan fingerprint density at radius 1 is 0.603 bits per heavy atom. The summed E-state index contributed by atoms with van der Waals surface area (Å²) >= 11 is 0. The zero-order valence-electron chi connectivity index (χ0n) is 31.2.